The number of ether oxygens (including phenoxy) is 3. The minimum atomic E-state index is -4.70. The number of aromatic nitrogens is 3. The maximum Gasteiger partial charge on any atom is 0.433 e. The second-order valence-corrected chi connectivity index (χ2v) is 8.21. The van der Waals surface area contributed by atoms with Gasteiger partial charge in [-0.2, -0.15) is 18.3 Å². The number of nitrogens with zero attached hydrogens (tertiary/aromatic N) is 4. The molecule has 2 aromatic heterocycles. The van der Waals surface area contributed by atoms with Crippen LogP contribution in [-0.4, -0.2) is 77.3 Å². The van der Waals surface area contributed by atoms with Crippen molar-refractivity contribution in [2.24, 2.45) is 0 Å². The Balaban J connectivity index is 1.60. The number of carbonyl (C=O) groups is 3. The first-order valence-corrected chi connectivity index (χ1v) is 11.3. The molecule has 196 valence electrons. The average Bonchev–Trinajstić information content (AvgIpc) is 3.27. The van der Waals surface area contributed by atoms with E-state index >= 15 is 0 Å². The first-order valence-electron chi connectivity index (χ1n) is 11.3. The van der Waals surface area contributed by atoms with Crippen LogP contribution in [0.2, 0.25) is 0 Å². The molecule has 1 aliphatic rings. The molecule has 0 unspecified atom stereocenters. The summed E-state index contributed by atoms with van der Waals surface area (Å²) in [5, 5.41) is 4.96. The number of carbonyl (C=O) groups excluding carboxylic acids is 3. The molecule has 1 aromatic carbocycles. The summed E-state index contributed by atoms with van der Waals surface area (Å²) in [7, 11) is 1.19. The van der Waals surface area contributed by atoms with Gasteiger partial charge in [-0.15, -0.1) is 0 Å². The van der Waals surface area contributed by atoms with Gasteiger partial charge in [-0.05, 0) is 18.2 Å². The number of hydrogen-bond donors (Lipinski definition) is 0. The third kappa shape index (κ3) is 6.42. The Labute approximate surface area is 208 Å². The van der Waals surface area contributed by atoms with Gasteiger partial charge in [-0.3, -0.25) is 14.3 Å². The normalized spacial score (nSPS) is 14.0. The topological polar surface area (TPSA) is 113 Å². The summed E-state index contributed by atoms with van der Waals surface area (Å²) < 4.78 is 55.9. The maximum absolute atomic E-state index is 13.0. The van der Waals surface area contributed by atoms with Crippen LogP contribution < -0.4 is 4.74 Å². The number of Topliss-reactive ketones (excluding diaryl/α,β-unsaturated/α-hetero) is 1. The van der Waals surface area contributed by atoms with E-state index in [9.17, 15) is 27.6 Å². The van der Waals surface area contributed by atoms with Gasteiger partial charge in [0, 0.05) is 42.7 Å². The van der Waals surface area contributed by atoms with Crippen LogP contribution in [0.5, 0.6) is 5.75 Å². The predicted octanol–water partition coefficient (Wildman–Crippen LogP) is 2.29. The van der Waals surface area contributed by atoms with Crippen LogP contribution in [-0.2, 0) is 38.2 Å². The summed E-state index contributed by atoms with van der Waals surface area (Å²) >= 11 is 0. The minimum absolute atomic E-state index is 0.0184. The Morgan fingerprint density at radius 2 is 1.89 bits per heavy atom. The first kappa shape index (κ1) is 26.1. The highest BCUT2D eigenvalue weighted by Gasteiger charge is 2.33. The van der Waals surface area contributed by atoms with Gasteiger partial charge in [0.05, 0.1) is 25.8 Å². The number of rotatable bonds is 8. The lowest BCUT2D eigenvalue weighted by Gasteiger charge is -2.26. The highest BCUT2D eigenvalue weighted by atomic mass is 19.4. The standard InChI is InChI=1S/C24H23F3N4O6/c1-35-23(34)14-37-20-11-18-16(12-31(29-18)13-22(33)30-5-7-36-8-6-30)9-15(20)10-19(32)17-3-2-4-21(28-17)24(25,26)27/h2-4,9,11-12H,5-8,10,13-14H2,1H3. The van der Waals surface area contributed by atoms with Gasteiger partial charge in [-0.1, -0.05) is 6.07 Å². The second kappa shape index (κ2) is 10.9. The number of ketones is 1. The SMILES string of the molecule is COC(=O)COc1cc2nn(CC(=O)N3CCOCC3)cc2cc1CC(=O)c1cccc(C(F)(F)F)n1. The van der Waals surface area contributed by atoms with Crippen LogP contribution in [0.25, 0.3) is 10.9 Å². The van der Waals surface area contributed by atoms with Crippen molar-refractivity contribution in [1.82, 2.24) is 19.7 Å². The Morgan fingerprint density at radius 3 is 2.59 bits per heavy atom. The van der Waals surface area contributed by atoms with Gasteiger partial charge in [0.1, 0.15) is 23.7 Å². The Kier molecular flexibility index (Phi) is 7.71. The Bertz CT molecular complexity index is 1320. The number of pyridine rings is 1. The molecule has 3 aromatic rings. The zero-order chi connectivity index (χ0) is 26.6. The second-order valence-electron chi connectivity index (χ2n) is 8.21. The third-order valence-electron chi connectivity index (χ3n) is 5.64. The van der Waals surface area contributed by atoms with Gasteiger partial charge in [-0.25, -0.2) is 9.78 Å². The van der Waals surface area contributed by atoms with E-state index < -0.39 is 30.2 Å². The maximum atomic E-state index is 13.0. The molecular formula is C24H23F3N4O6. The molecule has 37 heavy (non-hydrogen) atoms. The van der Waals surface area contributed by atoms with Crippen molar-refractivity contribution in [2.75, 3.05) is 40.0 Å². The van der Waals surface area contributed by atoms with Crippen molar-refractivity contribution < 1.29 is 41.8 Å². The molecule has 0 atom stereocenters. The quantitative estimate of drug-likeness (QED) is 0.329. The van der Waals surface area contributed by atoms with Crippen molar-refractivity contribution in [1.29, 1.82) is 0 Å². The summed E-state index contributed by atoms with van der Waals surface area (Å²) in [5.74, 6) is -1.35. The van der Waals surface area contributed by atoms with E-state index in [0.29, 0.717) is 42.8 Å². The summed E-state index contributed by atoms with van der Waals surface area (Å²) in [5.41, 5.74) is -0.800. The van der Waals surface area contributed by atoms with Crippen molar-refractivity contribution >= 4 is 28.6 Å². The van der Waals surface area contributed by atoms with Crippen molar-refractivity contribution in [2.45, 2.75) is 19.1 Å². The molecule has 0 aliphatic carbocycles. The Morgan fingerprint density at radius 1 is 1.14 bits per heavy atom. The van der Waals surface area contributed by atoms with Crippen LogP contribution in [0.4, 0.5) is 13.2 Å². The molecule has 1 aliphatic heterocycles. The van der Waals surface area contributed by atoms with E-state index in [-0.39, 0.29) is 30.3 Å². The largest absolute Gasteiger partial charge is 0.482 e. The highest BCUT2D eigenvalue weighted by Crippen LogP contribution is 2.29. The highest BCUT2D eigenvalue weighted by molar-refractivity contribution is 5.97. The fraction of sp³-hybridized carbons (Fsp3) is 0.375. The Hall–Kier alpha value is -4.00. The minimum Gasteiger partial charge on any atom is -0.482 e. The van der Waals surface area contributed by atoms with Gasteiger partial charge in [0.2, 0.25) is 5.91 Å². The average molecular weight is 520 g/mol. The summed E-state index contributed by atoms with van der Waals surface area (Å²) in [6, 6.07) is 6.16. The summed E-state index contributed by atoms with van der Waals surface area (Å²) in [4.78, 5) is 42.2. The van der Waals surface area contributed by atoms with Gasteiger partial charge in [0.25, 0.3) is 0 Å². The molecule has 3 heterocycles. The van der Waals surface area contributed by atoms with E-state index in [1.54, 1.807) is 17.2 Å². The van der Waals surface area contributed by atoms with E-state index in [1.807, 2.05) is 0 Å². The molecule has 13 heteroatoms. The molecule has 0 saturated carbocycles. The van der Waals surface area contributed by atoms with E-state index in [2.05, 4.69) is 14.8 Å². The molecule has 0 N–H and O–H groups in total. The van der Waals surface area contributed by atoms with Gasteiger partial charge >= 0.3 is 12.1 Å². The first-order chi connectivity index (χ1) is 17.6. The van der Waals surface area contributed by atoms with Crippen LogP contribution in [0.15, 0.2) is 36.5 Å². The van der Waals surface area contributed by atoms with Gasteiger partial charge in [0.15, 0.2) is 12.4 Å². The van der Waals surface area contributed by atoms with Crippen LogP contribution >= 0.6 is 0 Å². The van der Waals surface area contributed by atoms with E-state index in [0.717, 1.165) is 12.1 Å². The number of esters is 1. The number of methoxy groups -OCH3 is 1. The lowest BCUT2D eigenvalue weighted by Crippen LogP contribution is -2.42. The molecule has 1 fully saturated rings. The summed E-state index contributed by atoms with van der Waals surface area (Å²) in [6.07, 6.45) is -3.43. The molecule has 10 nitrogen and oxygen atoms in total. The molecule has 0 spiro atoms. The molecule has 0 bridgehead atoms. The monoisotopic (exact) mass is 520 g/mol. The molecule has 1 saturated heterocycles. The molecule has 0 radical (unpaired) electrons. The molecular weight excluding hydrogens is 497 g/mol. The summed E-state index contributed by atoms with van der Waals surface area (Å²) in [6.45, 7) is 1.43. The number of alkyl halides is 3. The fourth-order valence-corrected chi connectivity index (χ4v) is 3.76. The van der Waals surface area contributed by atoms with Crippen molar-refractivity contribution in [3.63, 3.8) is 0 Å². The number of halogens is 3. The van der Waals surface area contributed by atoms with Crippen LogP contribution in [0, 0.1) is 0 Å². The van der Waals surface area contributed by atoms with Gasteiger partial charge < -0.3 is 19.1 Å². The lowest BCUT2D eigenvalue weighted by molar-refractivity contribution is -0.143. The number of amides is 1. The number of fused-ring (bicyclic) bond motifs is 1. The molecule has 1 amide bonds. The van der Waals surface area contributed by atoms with Crippen molar-refractivity contribution in [3.05, 3.63) is 53.5 Å². The third-order valence-corrected chi connectivity index (χ3v) is 5.64. The zero-order valence-corrected chi connectivity index (χ0v) is 19.8. The van der Waals surface area contributed by atoms with E-state index in [1.165, 1.54) is 23.9 Å². The predicted molar refractivity (Wildman–Crippen MR) is 122 cm³/mol. The smallest absolute Gasteiger partial charge is 0.433 e. The molecule has 4 rings (SSSR count). The number of hydrogen-bond acceptors (Lipinski definition) is 8. The van der Waals surface area contributed by atoms with E-state index in [4.69, 9.17) is 9.47 Å². The number of morpholine rings is 1. The lowest BCUT2D eigenvalue weighted by atomic mass is 10.0. The zero-order valence-electron chi connectivity index (χ0n) is 19.8. The van der Waals surface area contributed by atoms with Crippen LogP contribution in [0.1, 0.15) is 21.7 Å². The number of benzene rings is 1. The fourth-order valence-electron chi connectivity index (χ4n) is 3.76. The van der Waals surface area contributed by atoms with Crippen molar-refractivity contribution in [3.8, 4) is 5.75 Å². The van der Waals surface area contributed by atoms with Crippen LogP contribution in [0.3, 0.4) is 0 Å².